The SMILES string of the molecule is CCC(=O)NCCCCBr. The summed E-state index contributed by atoms with van der Waals surface area (Å²) in [6, 6.07) is 0. The molecule has 0 saturated heterocycles. The van der Waals surface area contributed by atoms with Crippen LogP contribution in [0.4, 0.5) is 0 Å². The third kappa shape index (κ3) is 6.08. The van der Waals surface area contributed by atoms with Gasteiger partial charge in [0, 0.05) is 18.3 Å². The van der Waals surface area contributed by atoms with Gasteiger partial charge in [-0.3, -0.25) is 4.79 Å². The summed E-state index contributed by atoms with van der Waals surface area (Å²) >= 11 is 3.32. The zero-order chi connectivity index (χ0) is 7.82. The molecule has 1 amide bonds. The number of carbonyl (C=O) groups excluding carboxylic acids is 1. The summed E-state index contributed by atoms with van der Waals surface area (Å²) < 4.78 is 0. The van der Waals surface area contributed by atoms with Gasteiger partial charge in [-0.2, -0.15) is 0 Å². The average Bonchev–Trinajstić information content (AvgIpc) is 1.98. The van der Waals surface area contributed by atoms with Crippen LogP contribution in [0.25, 0.3) is 0 Å². The zero-order valence-corrected chi connectivity index (χ0v) is 7.91. The molecule has 0 aromatic carbocycles. The lowest BCUT2D eigenvalue weighted by molar-refractivity contribution is -0.120. The van der Waals surface area contributed by atoms with Crippen LogP contribution in [0.5, 0.6) is 0 Å². The van der Waals surface area contributed by atoms with Crippen LogP contribution in [-0.4, -0.2) is 17.8 Å². The largest absolute Gasteiger partial charge is 0.356 e. The molecule has 60 valence electrons. The van der Waals surface area contributed by atoms with E-state index in [-0.39, 0.29) is 5.91 Å². The first kappa shape index (κ1) is 9.95. The van der Waals surface area contributed by atoms with E-state index >= 15 is 0 Å². The topological polar surface area (TPSA) is 29.1 Å². The Morgan fingerprint density at radius 3 is 2.70 bits per heavy atom. The van der Waals surface area contributed by atoms with Gasteiger partial charge in [-0.25, -0.2) is 0 Å². The van der Waals surface area contributed by atoms with E-state index in [0.717, 1.165) is 24.7 Å². The number of amides is 1. The summed E-state index contributed by atoms with van der Waals surface area (Å²) in [5, 5.41) is 3.83. The van der Waals surface area contributed by atoms with E-state index in [2.05, 4.69) is 21.2 Å². The second-order valence-corrected chi connectivity index (χ2v) is 2.89. The maximum Gasteiger partial charge on any atom is 0.219 e. The molecule has 3 heteroatoms. The number of hydrogen-bond acceptors (Lipinski definition) is 1. The Labute approximate surface area is 70.5 Å². The minimum atomic E-state index is 0.148. The average molecular weight is 208 g/mol. The van der Waals surface area contributed by atoms with Crippen molar-refractivity contribution in [3.63, 3.8) is 0 Å². The fourth-order valence-corrected chi connectivity index (χ4v) is 0.969. The minimum Gasteiger partial charge on any atom is -0.356 e. The lowest BCUT2D eigenvalue weighted by atomic mass is 10.3. The molecule has 0 radical (unpaired) electrons. The van der Waals surface area contributed by atoms with Crippen LogP contribution in [0.2, 0.25) is 0 Å². The Balaban J connectivity index is 2.96. The molecule has 0 aromatic rings. The molecule has 0 atom stereocenters. The summed E-state index contributed by atoms with van der Waals surface area (Å²) in [5.74, 6) is 0.148. The minimum absolute atomic E-state index is 0.148. The molecule has 2 nitrogen and oxygen atoms in total. The molecule has 10 heavy (non-hydrogen) atoms. The van der Waals surface area contributed by atoms with Crippen molar-refractivity contribution in [1.29, 1.82) is 0 Å². The van der Waals surface area contributed by atoms with Crippen molar-refractivity contribution in [3.8, 4) is 0 Å². The highest BCUT2D eigenvalue weighted by Crippen LogP contribution is 1.91. The van der Waals surface area contributed by atoms with Gasteiger partial charge in [0.25, 0.3) is 0 Å². The number of unbranched alkanes of at least 4 members (excludes halogenated alkanes) is 1. The lowest BCUT2D eigenvalue weighted by Crippen LogP contribution is -2.23. The van der Waals surface area contributed by atoms with Crippen molar-refractivity contribution >= 4 is 21.8 Å². The monoisotopic (exact) mass is 207 g/mol. The first-order valence-electron chi connectivity index (χ1n) is 3.64. The van der Waals surface area contributed by atoms with E-state index in [9.17, 15) is 4.79 Å². The summed E-state index contributed by atoms with van der Waals surface area (Å²) in [5.41, 5.74) is 0. The molecule has 0 saturated carbocycles. The van der Waals surface area contributed by atoms with Gasteiger partial charge in [0.05, 0.1) is 0 Å². The second kappa shape index (κ2) is 7.06. The summed E-state index contributed by atoms with van der Waals surface area (Å²) in [7, 11) is 0. The predicted octanol–water partition coefficient (Wildman–Crippen LogP) is 1.69. The molecule has 1 N–H and O–H groups in total. The van der Waals surface area contributed by atoms with Crippen molar-refractivity contribution in [2.75, 3.05) is 11.9 Å². The Bertz CT molecular complexity index is 95.6. The van der Waals surface area contributed by atoms with E-state index in [1.165, 1.54) is 0 Å². The fourth-order valence-electron chi connectivity index (χ4n) is 0.572. The number of nitrogens with one attached hydrogen (secondary N) is 1. The molecule has 0 aliphatic rings. The van der Waals surface area contributed by atoms with Crippen molar-refractivity contribution in [3.05, 3.63) is 0 Å². The molecular formula is C7H14BrNO. The third-order valence-electron chi connectivity index (χ3n) is 1.20. The Morgan fingerprint density at radius 2 is 2.20 bits per heavy atom. The molecule has 0 aliphatic carbocycles. The van der Waals surface area contributed by atoms with Crippen LogP contribution < -0.4 is 5.32 Å². The van der Waals surface area contributed by atoms with Gasteiger partial charge in [-0.15, -0.1) is 0 Å². The van der Waals surface area contributed by atoms with E-state index < -0.39 is 0 Å². The van der Waals surface area contributed by atoms with Crippen LogP contribution in [0.1, 0.15) is 26.2 Å². The van der Waals surface area contributed by atoms with Crippen molar-refractivity contribution in [1.82, 2.24) is 5.32 Å². The highest BCUT2D eigenvalue weighted by atomic mass is 79.9. The number of rotatable bonds is 5. The van der Waals surface area contributed by atoms with Gasteiger partial charge < -0.3 is 5.32 Å². The van der Waals surface area contributed by atoms with Crippen molar-refractivity contribution in [2.24, 2.45) is 0 Å². The van der Waals surface area contributed by atoms with Gasteiger partial charge in [-0.05, 0) is 12.8 Å². The molecule has 0 unspecified atom stereocenters. The smallest absolute Gasteiger partial charge is 0.219 e. The van der Waals surface area contributed by atoms with Crippen LogP contribution in [0, 0.1) is 0 Å². The van der Waals surface area contributed by atoms with Gasteiger partial charge in [0.1, 0.15) is 0 Å². The summed E-state index contributed by atoms with van der Waals surface area (Å²) in [6.07, 6.45) is 2.79. The molecule has 0 spiro atoms. The van der Waals surface area contributed by atoms with Crippen molar-refractivity contribution < 1.29 is 4.79 Å². The lowest BCUT2D eigenvalue weighted by Gasteiger charge is -2.00. The van der Waals surface area contributed by atoms with Crippen LogP contribution >= 0.6 is 15.9 Å². The Hall–Kier alpha value is -0.0500. The van der Waals surface area contributed by atoms with Crippen LogP contribution in [-0.2, 0) is 4.79 Å². The van der Waals surface area contributed by atoms with Crippen molar-refractivity contribution in [2.45, 2.75) is 26.2 Å². The van der Waals surface area contributed by atoms with Crippen LogP contribution in [0.3, 0.4) is 0 Å². The number of alkyl halides is 1. The second-order valence-electron chi connectivity index (χ2n) is 2.10. The molecular weight excluding hydrogens is 194 g/mol. The van der Waals surface area contributed by atoms with Crippen LogP contribution in [0.15, 0.2) is 0 Å². The Morgan fingerprint density at radius 1 is 1.50 bits per heavy atom. The number of carbonyl (C=O) groups is 1. The molecule has 0 bridgehead atoms. The van der Waals surface area contributed by atoms with Gasteiger partial charge in [0.2, 0.25) is 5.91 Å². The fraction of sp³-hybridized carbons (Fsp3) is 0.857. The standard InChI is InChI=1S/C7H14BrNO/c1-2-7(10)9-6-4-3-5-8/h2-6H2,1H3,(H,9,10). The van der Waals surface area contributed by atoms with Gasteiger partial charge in [0.15, 0.2) is 0 Å². The first-order chi connectivity index (χ1) is 4.81. The highest BCUT2D eigenvalue weighted by molar-refractivity contribution is 9.09. The van der Waals surface area contributed by atoms with Gasteiger partial charge >= 0.3 is 0 Å². The molecule has 0 aromatic heterocycles. The maximum atomic E-state index is 10.7. The predicted molar refractivity (Wildman–Crippen MR) is 46.3 cm³/mol. The normalized spacial score (nSPS) is 9.40. The summed E-state index contributed by atoms with van der Waals surface area (Å²) in [6.45, 7) is 2.68. The van der Waals surface area contributed by atoms with Gasteiger partial charge in [-0.1, -0.05) is 22.9 Å². The van der Waals surface area contributed by atoms with E-state index in [1.807, 2.05) is 6.92 Å². The highest BCUT2D eigenvalue weighted by Gasteiger charge is 1.93. The molecule has 0 rings (SSSR count). The van der Waals surface area contributed by atoms with E-state index in [0.29, 0.717) is 6.42 Å². The molecule has 0 heterocycles. The first-order valence-corrected chi connectivity index (χ1v) is 4.76. The third-order valence-corrected chi connectivity index (χ3v) is 1.76. The number of halogens is 1. The number of hydrogen-bond donors (Lipinski definition) is 1. The molecule has 0 fully saturated rings. The Kier molecular flexibility index (Phi) is 7.03. The molecule has 0 aliphatic heterocycles. The quantitative estimate of drug-likeness (QED) is 0.540. The maximum absolute atomic E-state index is 10.7. The van der Waals surface area contributed by atoms with E-state index in [4.69, 9.17) is 0 Å². The zero-order valence-electron chi connectivity index (χ0n) is 6.32. The summed E-state index contributed by atoms with van der Waals surface area (Å²) in [4.78, 5) is 10.7. The van der Waals surface area contributed by atoms with E-state index in [1.54, 1.807) is 0 Å².